The highest BCUT2D eigenvalue weighted by atomic mass is 16.2. The van der Waals surface area contributed by atoms with E-state index in [9.17, 15) is 14.4 Å². The van der Waals surface area contributed by atoms with Gasteiger partial charge < -0.3 is 10.6 Å². The van der Waals surface area contributed by atoms with Gasteiger partial charge in [0.1, 0.15) is 12.2 Å². The summed E-state index contributed by atoms with van der Waals surface area (Å²) >= 11 is 0. The first kappa shape index (κ1) is 23.7. The predicted molar refractivity (Wildman–Crippen MR) is 132 cm³/mol. The number of rotatable bonds is 8. The molecule has 1 aliphatic rings. The van der Waals surface area contributed by atoms with Crippen LogP contribution in [0.5, 0.6) is 0 Å². The second-order valence-electron chi connectivity index (χ2n) is 9.10. The molecule has 4 rings (SSSR count). The van der Waals surface area contributed by atoms with Crippen molar-refractivity contribution in [3.63, 3.8) is 0 Å². The summed E-state index contributed by atoms with van der Waals surface area (Å²) in [7, 11) is 0. The molecular weight excluding hydrogens is 428 g/mol. The minimum atomic E-state index is -0.324. The van der Waals surface area contributed by atoms with Crippen molar-refractivity contribution in [3.8, 4) is 0 Å². The molecule has 1 fully saturated rings. The Bertz CT molecular complexity index is 1210. The molecule has 2 N–H and O–H groups in total. The van der Waals surface area contributed by atoms with Crippen LogP contribution in [-0.4, -0.2) is 27.4 Å². The fourth-order valence-electron chi connectivity index (χ4n) is 4.45. The lowest BCUT2D eigenvalue weighted by Crippen LogP contribution is -2.37. The minimum Gasteiger partial charge on any atom is -0.353 e. The number of para-hydroxylation sites is 2. The van der Waals surface area contributed by atoms with Crippen LogP contribution in [0.4, 0.5) is 0 Å². The van der Waals surface area contributed by atoms with Crippen molar-refractivity contribution in [1.29, 1.82) is 0 Å². The number of benzene rings is 2. The van der Waals surface area contributed by atoms with Crippen LogP contribution in [0.15, 0.2) is 53.3 Å². The third-order valence-corrected chi connectivity index (χ3v) is 6.39. The van der Waals surface area contributed by atoms with Crippen molar-refractivity contribution in [2.45, 2.75) is 71.0 Å². The summed E-state index contributed by atoms with van der Waals surface area (Å²) in [5.74, 6) is -0.302. The quantitative estimate of drug-likeness (QED) is 0.539. The number of carbonyl (C=O) groups excluding carboxylic acids is 2. The summed E-state index contributed by atoms with van der Waals surface area (Å²) in [4.78, 5) is 42.9. The van der Waals surface area contributed by atoms with E-state index in [1.54, 1.807) is 6.07 Å². The SMILES string of the molecule is Cc1ccc(CNC(=O)Cn2c(=O)c(CCC(=O)NC3CCCCC3)nc3ccccc32)cc1. The van der Waals surface area contributed by atoms with Gasteiger partial charge in [-0.05, 0) is 37.5 Å². The topological polar surface area (TPSA) is 93.1 Å². The van der Waals surface area contributed by atoms with Gasteiger partial charge in [-0.1, -0.05) is 61.2 Å². The molecule has 0 bridgehead atoms. The molecule has 1 saturated carbocycles. The number of aromatic nitrogens is 2. The first-order chi connectivity index (χ1) is 16.5. The van der Waals surface area contributed by atoms with E-state index in [4.69, 9.17) is 0 Å². The van der Waals surface area contributed by atoms with E-state index < -0.39 is 0 Å². The lowest BCUT2D eigenvalue weighted by molar-refractivity contribution is -0.122. The summed E-state index contributed by atoms with van der Waals surface area (Å²) in [6, 6.07) is 15.5. The van der Waals surface area contributed by atoms with E-state index in [0.29, 0.717) is 23.3 Å². The molecule has 7 heteroatoms. The van der Waals surface area contributed by atoms with Crippen molar-refractivity contribution in [3.05, 3.63) is 75.7 Å². The van der Waals surface area contributed by atoms with E-state index in [1.165, 1.54) is 11.0 Å². The number of amides is 2. The molecule has 34 heavy (non-hydrogen) atoms. The third kappa shape index (κ3) is 6.10. The van der Waals surface area contributed by atoms with Gasteiger partial charge in [0, 0.05) is 25.4 Å². The normalized spacial score (nSPS) is 14.1. The Morgan fingerprint density at radius 2 is 1.74 bits per heavy atom. The highest BCUT2D eigenvalue weighted by molar-refractivity contribution is 5.80. The molecule has 7 nitrogen and oxygen atoms in total. The van der Waals surface area contributed by atoms with Gasteiger partial charge in [0.05, 0.1) is 11.0 Å². The zero-order valence-corrected chi connectivity index (χ0v) is 19.7. The van der Waals surface area contributed by atoms with Gasteiger partial charge in [-0.25, -0.2) is 4.98 Å². The summed E-state index contributed by atoms with van der Waals surface area (Å²) in [5, 5.41) is 5.98. The van der Waals surface area contributed by atoms with Gasteiger partial charge in [0.25, 0.3) is 5.56 Å². The Morgan fingerprint density at radius 3 is 2.50 bits per heavy atom. The fraction of sp³-hybridized carbons (Fsp3) is 0.407. The van der Waals surface area contributed by atoms with Crippen LogP contribution in [0.1, 0.15) is 55.3 Å². The smallest absolute Gasteiger partial charge is 0.273 e. The molecule has 0 radical (unpaired) electrons. The zero-order valence-electron chi connectivity index (χ0n) is 19.7. The Morgan fingerprint density at radius 1 is 1.00 bits per heavy atom. The molecule has 0 unspecified atom stereocenters. The maximum absolute atomic E-state index is 13.2. The standard InChI is InChI=1S/C27H32N4O3/c1-19-11-13-20(14-12-19)17-28-26(33)18-31-24-10-6-5-9-22(24)30-23(27(31)34)15-16-25(32)29-21-7-3-2-4-8-21/h5-6,9-14,21H,2-4,7-8,15-18H2,1H3,(H,28,33)(H,29,32). The Kier molecular flexibility index (Phi) is 7.72. The van der Waals surface area contributed by atoms with Crippen molar-refractivity contribution in [2.75, 3.05) is 0 Å². The second-order valence-corrected chi connectivity index (χ2v) is 9.10. The highest BCUT2D eigenvalue weighted by Crippen LogP contribution is 2.17. The lowest BCUT2D eigenvalue weighted by atomic mass is 9.95. The molecule has 178 valence electrons. The second kappa shape index (κ2) is 11.1. The molecule has 0 aliphatic heterocycles. The van der Waals surface area contributed by atoms with E-state index in [2.05, 4.69) is 15.6 Å². The van der Waals surface area contributed by atoms with Gasteiger partial charge in [-0.15, -0.1) is 0 Å². The first-order valence-electron chi connectivity index (χ1n) is 12.1. The molecule has 1 aliphatic carbocycles. The van der Waals surface area contributed by atoms with Gasteiger partial charge in [-0.3, -0.25) is 19.0 Å². The van der Waals surface area contributed by atoms with Crippen LogP contribution in [-0.2, 0) is 29.1 Å². The van der Waals surface area contributed by atoms with Gasteiger partial charge in [0.15, 0.2) is 0 Å². The lowest BCUT2D eigenvalue weighted by Gasteiger charge is -2.22. The molecular formula is C27H32N4O3. The average molecular weight is 461 g/mol. The van der Waals surface area contributed by atoms with Crippen molar-refractivity contribution >= 4 is 22.8 Å². The van der Waals surface area contributed by atoms with E-state index in [0.717, 1.165) is 36.8 Å². The van der Waals surface area contributed by atoms with Crippen LogP contribution in [0.3, 0.4) is 0 Å². The highest BCUT2D eigenvalue weighted by Gasteiger charge is 2.18. The summed E-state index contributed by atoms with van der Waals surface area (Å²) in [6.07, 6.45) is 6.01. The minimum absolute atomic E-state index is 0.0522. The number of carbonyl (C=O) groups is 2. The first-order valence-corrected chi connectivity index (χ1v) is 12.1. The van der Waals surface area contributed by atoms with E-state index in [1.807, 2.05) is 49.4 Å². The van der Waals surface area contributed by atoms with Crippen LogP contribution < -0.4 is 16.2 Å². The Hall–Kier alpha value is -3.48. The number of nitrogens with one attached hydrogen (secondary N) is 2. The van der Waals surface area contributed by atoms with Gasteiger partial charge in [-0.2, -0.15) is 0 Å². The fourth-order valence-corrected chi connectivity index (χ4v) is 4.45. The van der Waals surface area contributed by atoms with Crippen LogP contribution >= 0.6 is 0 Å². The van der Waals surface area contributed by atoms with Gasteiger partial charge in [0.2, 0.25) is 11.8 Å². The molecule has 3 aromatic rings. The molecule has 0 saturated heterocycles. The molecule has 1 aromatic heterocycles. The summed E-state index contributed by atoms with van der Waals surface area (Å²) in [6.45, 7) is 2.31. The largest absolute Gasteiger partial charge is 0.353 e. The monoisotopic (exact) mass is 460 g/mol. The number of hydrogen-bond donors (Lipinski definition) is 2. The van der Waals surface area contributed by atoms with Crippen molar-refractivity contribution in [2.24, 2.45) is 0 Å². The average Bonchev–Trinajstić information content (AvgIpc) is 2.85. The maximum atomic E-state index is 13.2. The zero-order chi connectivity index (χ0) is 23.9. The number of fused-ring (bicyclic) bond motifs is 1. The molecule has 2 amide bonds. The van der Waals surface area contributed by atoms with Crippen LogP contribution in [0.25, 0.3) is 11.0 Å². The van der Waals surface area contributed by atoms with Crippen LogP contribution in [0.2, 0.25) is 0 Å². The molecule has 2 aromatic carbocycles. The van der Waals surface area contributed by atoms with Crippen LogP contribution in [0, 0.1) is 6.92 Å². The van der Waals surface area contributed by atoms with Crippen molar-refractivity contribution < 1.29 is 9.59 Å². The summed E-state index contributed by atoms with van der Waals surface area (Å²) in [5.41, 5.74) is 3.38. The van der Waals surface area contributed by atoms with E-state index in [-0.39, 0.29) is 42.8 Å². The molecule has 0 atom stereocenters. The summed E-state index contributed by atoms with van der Waals surface area (Å²) < 4.78 is 1.46. The predicted octanol–water partition coefficient (Wildman–Crippen LogP) is 3.40. The molecule has 0 spiro atoms. The number of aryl methyl sites for hydroxylation is 2. The Labute approximate surface area is 199 Å². The molecule has 1 heterocycles. The Balaban J connectivity index is 1.45. The van der Waals surface area contributed by atoms with Crippen molar-refractivity contribution in [1.82, 2.24) is 20.2 Å². The number of nitrogens with zero attached hydrogens (tertiary/aromatic N) is 2. The van der Waals surface area contributed by atoms with Gasteiger partial charge >= 0.3 is 0 Å². The van der Waals surface area contributed by atoms with E-state index >= 15 is 0 Å². The number of hydrogen-bond acceptors (Lipinski definition) is 4. The maximum Gasteiger partial charge on any atom is 0.273 e. The third-order valence-electron chi connectivity index (χ3n) is 6.39.